The summed E-state index contributed by atoms with van der Waals surface area (Å²) < 4.78 is 6.94. The first-order valence-electron chi connectivity index (χ1n) is 8.30. The van der Waals surface area contributed by atoms with Crippen molar-refractivity contribution in [1.29, 1.82) is 0 Å². The van der Waals surface area contributed by atoms with Crippen molar-refractivity contribution < 1.29 is 9.21 Å². The Morgan fingerprint density at radius 3 is 3.04 bits per heavy atom. The van der Waals surface area contributed by atoms with E-state index in [0.717, 1.165) is 31.3 Å². The summed E-state index contributed by atoms with van der Waals surface area (Å²) in [6.45, 7) is 1.91. The van der Waals surface area contributed by atoms with Gasteiger partial charge in [-0.1, -0.05) is 0 Å². The number of aromatic nitrogens is 2. The van der Waals surface area contributed by atoms with Crippen LogP contribution in [0.1, 0.15) is 29.4 Å². The van der Waals surface area contributed by atoms with E-state index in [4.69, 9.17) is 4.42 Å². The summed E-state index contributed by atoms with van der Waals surface area (Å²) in [5, 5.41) is 11.3. The van der Waals surface area contributed by atoms with E-state index < -0.39 is 5.63 Å². The van der Waals surface area contributed by atoms with Gasteiger partial charge in [-0.05, 0) is 49.7 Å². The van der Waals surface area contributed by atoms with Crippen LogP contribution in [0.2, 0.25) is 0 Å². The van der Waals surface area contributed by atoms with E-state index >= 15 is 0 Å². The van der Waals surface area contributed by atoms with Gasteiger partial charge in [0, 0.05) is 29.9 Å². The van der Waals surface area contributed by atoms with Crippen LogP contribution in [-0.4, -0.2) is 28.8 Å². The molecule has 1 atom stereocenters. The lowest BCUT2D eigenvalue weighted by atomic mass is 10.1. The lowest BCUT2D eigenvalue weighted by Gasteiger charge is -2.22. The maximum atomic E-state index is 12.4. The van der Waals surface area contributed by atoms with E-state index in [1.807, 2.05) is 10.9 Å². The summed E-state index contributed by atoms with van der Waals surface area (Å²) in [7, 11) is 0. The largest absolute Gasteiger partial charge is 0.423 e. The van der Waals surface area contributed by atoms with Crippen LogP contribution < -0.4 is 16.3 Å². The zero-order valence-corrected chi connectivity index (χ0v) is 13.6. The quantitative estimate of drug-likeness (QED) is 0.715. The highest BCUT2D eigenvalue weighted by atomic mass is 16.4. The number of benzene rings is 1. The van der Waals surface area contributed by atoms with Crippen molar-refractivity contribution in [2.75, 3.05) is 18.4 Å². The number of piperidine rings is 1. The molecule has 7 heteroatoms. The standard InChI is InChI=1S/C18H18N4O3/c23-17-6-3-12-10-13(4-5-16(12)25-17)20-18(24)15-7-9-22(21-15)14-2-1-8-19-11-14/h3-7,9-10,14,19H,1-2,8,11H2,(H,20,24). The minimum atomic E-state index is -0.396. The Balaban J connectivity index is 1.51. The Morgan fingerprint density at radius 2 is 2.20 bits per heavy atom. The molecule has 0 aliphatic carbocycles. The molecule has 2 aromatic heterocycles. The summed E-state index contributed by atoms with van der Waals surface area (Å²) in [5.41, 5.74) is 1.09. The molecule has 3 aromatic rings. The van der Waals surface area contributed by atoms with Gasteiger partial charge in [-0.3, -0.25) is 9.48 Å². The Kier molecular flexibility index (Phi) is 4.07. The molecular weight excluding hydrogens is 320 g/mol. The summed E-state index contributed by atoms with van der Waals surface area (Å²) in [5.74, 6) is -0.265. The molecule has 1 aliphatic heterocycles. The van der Waals surface area contributed by atoms with Gasteiger partial charge in [-0.2, -0.15) is 5.10 Å². The van der Waals surface area contributed by atoms with Crippen LogP contribution in [0.3, 0.4) is 0 Å². The van der Waals surface area contributed by atoms with Crippen molar-refractivity contribution in [3.63, 3.8) is 0 Å². The van der Waals surface area contributed by atoms with Gasteiger partial charge in [0.15, 0.2) is 5.69 Å². The molecule has 1 unspecified atom stereocenters. The molecule has 1 amide bonds. The van der Waals surface area contributed by atoms with Gasteiger partial charge in [0.05, 0.1) is 6.04 Å². The number of hydrogen-bond acceptors (Lipinski definition) is 5. The average molecular weight is 338 g/mol. The first-order valence-corrected chi connectivity index (χ1v) is 8.30. The maximum Gasteiger partial charge on any atom is 0.336 e. The fourth-order valence-electron chi connectivity index (χ4n) is 3.07. The second-order valence-electron chi connectivity index (χ2n) is 6.14. The first kappa shape index (κ1) is 15.6. The first-order chi connectivity index (χ1) is 12.2. The normalized spacial score (nSPS) is 17.5. The van der Waals surface area contributed by atoms with Gasteiger partial charge in [0.1, 0.15) is 5.58 Å². The van der Waals surface area contributed by atoms with Crippen LogP contribution in [0.15, 0.2) is 51.8 Å². The molecule has 0 bridgehead atoms. The highest BCUT2D eigenvalue weighted by Crippen LogP contribution is 2.19. The van der Waals surface area contributed by atoms with E-state index in [2.05, 4.69) is 15.7 Å². The summed E-state index contributed by atoms with van der Waals surface area (Å²) >= 11 is 0. The molecule has 25 heavy (non-hydrogen) atoms. The topological polar surface area (TPSA) is 89.2 Å². The molecule has 2 N–H and O–H groups in total. The Bertz CT molecular complexity index is 970. The summed E-state index contributed by atoms with van der Waals surface area (Å²) in [6.07, 6.45) is 4.02. The smallest absolute Gasteiger partial charge is 0.336 e. The predicted octanol–water partition coefficient (Wildman–Crippen LogP) is 2.17. The van der Waals surface area contributed by atoms with Gasteiger partial charge in [0.2, 0.25) is 0 Å². The molecule has 1 fully saturated rings. The number of hydrogen-bond donors (Lipinski definition) is 2. The zero-order valence-electron chi connectivity index (χ0n) is 13.6. The number of nitrogens with one attached hydrogen (secondary N) is 2. The Labute approximate surface area is 143 Å². The van der Waals surface area contributed by atoms with Crippen LogP contribution in [0.25, 0.3) is 11.0 Å². The lowest BCUT2D eigenvalue weighted by molar-refractivity contribution is 0.102. The third-order valence-corrected chi connectivity index (χ3v) is 4.36. The van der Waals surface area contributed by atoms with Crippen molar-refractivity contribution in [3.8, 4) is 0 Å². The Hall–Kier alpha value is -2.93. The van der Waals surface area contributed by atoms with E-state index in [-0.39, 0.29) is 5.91 Å². The molecule has 0 spiro atoms. The van der Waals surface area contributed by atoms with Gasteiger partial charge in [0.25, 0.3) is 5.91 Å². The number of carbonyl (C=O) groups excluding carboxylic acids is 1. The monoisotopic (exact) mass is 338 g/mol. The van der Waals surface area contributed by atoms with E-state index in [0.29, 0.717) is 23.0 Å². The molecule has 1 aromatic carbocycles. The molecular formula is C18H18N4O3. The van der Waals surface area contributed by atoms with E-state index in [1.165, 1.54) is 6.07 Å². The van der Waals surface area contributed by atoms with Gasteiger partial charge >= 0.3 is 5.63 Å². The summed E-state index contributed by atoms with van der Waals surface area (Å²) in [4.78, 5) is 23.6. The van der Waals surface area contributed by atoms with Crippen LogP contribution in [0.5, 0.6) is 0 Å². The molecule has 1 saturated heterocycles. The van der Waals surface area contributed by atoms with Crippen LogP contribution >= 0.6 is 0 Å². The highest BCUT2D eigenvalue weighted by molar-refractivity contribution is 6.03. The highest BCUT2D eigenvalue weighted by Gasteiger charge is 2.17. The van der Waals surface area contributed by atoms with Crippen molar-refractivity contribution in [2.45, 2.75) is 18.9 Å². The number of anilines is 1. The molecule has 0 saturated carbocycles. The van der Waals surface area contributed by atoms with Crippen molar-refractivity contribution in [2.24, 2.45) is 0 Å². The second kappa shape index (κ2) is 6.52. The van der Waals surface area contributed by atoms with Gasteiger partial charge < -0.3 is 15.1 Å². The van der Waals surface area contributed by atoms with Gasteiger partial charge in [-0.25, -0.2) is 4.79 Å². The fourth-order valence-corrected chi connectivity index (χ4v) is 3.07. The minimum Gasteiger partial charge on any atom is -0.423 e. The summed E-state index contributed by atoms with van der Waals surface area (Å²) in [6, 6.07) is 10.2. The van der Waals surface area contributed by atoms with E-state index in [9.17, 15) is 9.59 Å². The van der Waals surface area contributed by atoms with Gasteiger partial charge in [-0.15, -0.1) is 0 Å². The fraction of sp³-hybridized carbons (Fsp3) is 0.278. The molecule has 1 aliphatic rings. The van der Waals surface area contributed by atoms with E-state index in [1.54, 1.807) is 30.3 Å². The predicted molar refractivity (Wildman–Crippen MR) is 93.8 cm³/mol. The molecule has 128 valence electrons. The second-order valence-corrected chi connectivity index (χ2v) is 6.14. The van der Waals surface area contributed by atoms with Crippen molar-refractivity contribution in [3.05, 3.63) is 58.7 Å². The molecule has 7 nitrogen and oxygen atoms in total. The molecule has 0 radical (unpaired) electrons. The number of nitrogens with zero attached hydrogens (tertiary/aromatic N) is 2. The van der Waals surface area contributed by atoms with Crippen molar-refractivity contribution in [1.82, 2.24) is 15.1 Å². The Morgan fingerprint density at radius 1 is 1.28 bits per heavy atom. The number of carbonyl (C=O) groups is 1. The molecule has 4 rings (SSSR count). The average Bonchev–Trinajstić information content (AvgIpc) is 3.13. The third-order valence-electron chi connectivity index (χ3n) is 4.36. The number of fused-ring (bicyclic) bond motifs is 1. The van der Waals surface area contributed by atoms with Crippen LogP contribution in [-0.2, 0) is 0 Å². The number of amides is 1. The molecule has 3 heterocycles. The minimum absolute atomic E-state index is 0.265. The SMILES string of the molecule is O=C(Nc1ccc2oc(=O)ccc2c1)c1ccn(C2CCCNC2)n1. The third kappa shape index (κ3) is 3.32. The number of rotatable bonds is 3. The van der Waals surface area contributed by atoms with Crippen LogP contribution in [0.4, 0.5) is 5.69 Å². The maximum absolute atomic E-state index is 12.4. The van der Waals surface area contributed by atoms with Crippen molar-refractivity contribution >= 4 is 22.6 Å². The van der Waals surface area contributed by atoms with Crippen LogP contribution in [0, 0.1) is 0 Å². The lowest BCUT2D eigenvalue weighted by Crippen LogP contribution is -2.32. The zero-order chi connectivity index (χ0) is 17.2.